The number of nitrogens with one attached hydrogen (secondary N) is 1. The first-order valence-corrected chi connectivity index (χ1v) is 10.3. The number of methoxy groups -OCH3 is 1. The van der Waals surface area contributed by atoms with Crippen molar-refractivity contribution in [1.29, 1.82) is 0 Å². The van der Waals surface area contributed by atoms with E-state index in [2.05, 4.69) is 11.9 Å². The number of benzene rings is 1. The third-order valence-electron chi connectivity index (χ3n) is 6.34. The molecule has 4 rings (SSSR count). The molecule has 6 heteroatoms. The summed E-state index contributed by atoms with van der Waals surface area (Å²) < 4.78 is 5.38. The molecule has 0 aliphatic carbocycles. The van der Waals surface area contributed by atoms with Crippen LogP contribution < -0.4 is 4.74 Å². The Balaban J connectivity index is 1.72. The zero-order valence-corrected chi connectivity index (χ0v) is 17.0. The number of nitrogens with zero attached hydrogens (tertiary/aromatic N) is 2. The quantitative estimate of drug-likeness (QED) is 0.779. The lowest BCUT2D eigenvalue weighted by Crippen LogP contribution is -2.67. The molecule has 1 aromatic carbocycles. The second kappa shape index (κ2) is 7.15. The van der Waals surface area contributed by atoms with Crippen LogP contribution in [-0.2, 0) is 21.5 Å². The molecule has 1 atom stereocenters. The van der Waals surface area contributed by atoms with E-state index in [4.69, 9.17) is 4.74 Å². The van der Waals surface area contributed by atoms with E-state index in [0.29, 0.717) is 13.1 Å². The molecule has 6 nitrogen and oxygen atoms in total. The Morgan fingerprint density at radius 3 is 2.79 bits per heavy atom. The largest absolute Gasteiger partial charge is 0.497 e. The Morgan fingerprint density at radius 1 is 1.21 bits per heavy atom. The van der Waals surface area contributed by atoms with Crippen molar-refractivity contribution in [2.45, 2.75) is 51.5 Å². The Labute approximate surface area is 165 Å². The van der Waals surface area contributed by atoms with Crippen molar-refractivity contribution in [2.24, 2.45) is 0 Å². The number of piperazine rings is 1. The molecule has 1 N–H and O–H groups in total. The van der Waals surface area contributed by atoms with Gasteiger partial charge in [-0.3, -0.25) is 9.59 Å². The monoisotopic (exact) mass is 383 g/mol. The van der Waals surface area contributed by atoms with E-state index >= 15 is 0 Å². The zero-order chi connectivity index (χ0) is 19.9. The van der Waals surface area contributed by atoms with Crippen LogP contribution in [0.25, 0.3) is 10.9 Å². The van der Waals surface area contributed by atoms with Crippen molar-refractivity contribution >= 4 is 22.7 Å². The van der Waals surface area contributed by atoms with Crippen molar-refractivity contribution in [3.8, 4) is 5.75 Å². The van der Waals surface area contributed by atoms with Gasteiger partial charge in [-0.2, -0.15) is 0 Å². The summed E-state index contributed by atoms with van der Waals surface area (Å²) in [7, 11) is 1.66. The maximum atomic E-state index is 13.5. The summed E-state index contributed by atoms with van der Waals surface area (Å²) >= 11 is 0. The van der Waals surface area contributed by atoms with Gasteiger partial charge in [0.2, 0.25) is 5.91 Å². The van der Waals surface area contributed by atoms with Crippen LogP contribution in [0.3, 0.4) is 0 Å². The van der Waals surface area contributed by atoms with Crippen LogP contribution in [0.15, 0.2) is 18.2 Å². The number of unbranched alkanes of at least 4 members (excludes halogenated alkanes) is 3. The molecule has 0 bridgehead atoms. The van der Waals surface area contributed by atoms with Gasteiger partial charge >= 0.3 is 0 Å². The fraction of sp³-hybridized carbons (Fsp3) is 0.545. The number of aromatic nitrogens is 1. The minimum Gasteiger partial charge on any atom is -0.497 e. The van der Waals surface area contributed by atoms with Crippen LogP contribution in [0.5, 0.6) is 5.75 Å². The molecule has 0 unspecified atom stereocenters. The molecule has 0 saturated carbocycles. The van der Waals surface area contributed by atoms with Crippen LogP contribution in [0.2, 0.25) is 0 Å². The predicted molar refractivity (Wildman–Crippen MR) is 108 cm³/mol. The first kappa shape index (κ1) is 18.8. The van der Waals surface area contributed by atoms with Gasteiger partial charge in [0.25, 0.3) is 5.91 Å². The summed E-state index contributed by atoms with van der Waals surface area (Å²) in [4.78, 5) is 33.4. The number of carbonyl (C=O) groups is 2. The number of H-pyrrole nitrogens is 1. The Kier molecular flexibility index (Phi) is 4.81. The van der Waals surface area contributed by atoms with Crippen LogP contribution in [-0.4, -0.2) is 53.3 Å². The highest BCUT2D eigenvalue weighted by Gasteiger charge is 2.53. The summed E-state index contributed by atoms with van der Waals surface area (Å²) in [5, 5.41) is 1.08. The van der Waals surface area contributed by atoms with E-state index in [1.807, 2.05) is 25.1 Å². The van der Waals surface area contributed by atoms with E-state index in [9.17, 15) is 9.59 Å². The van der Waals surface area contributed by atoms with Crippen LogP contribution in [0.4, 0.5) is 0 Å². The Hall–Kier alpha value is -2.50. The molecule has 1 saturated heterocycles. The van der Waals surface area contributed by atoms with Crippen molar-refractivity contribution < 1.29 is 14.3 Å². The molecule has 2 aromatic rings. The van der Waals surface area contributed by atoms with Gasteiger partial charge in [-0.25, -0.2) is 0 Å². The normalized spacial score (nSPS) is 21.8. The number of aromatic amines is 1. The second-order valence-electron chi connectivity index (χ2n) is 8.05. The van der Waals surface area contributed by atoms with E-state index in [1.54, 1.807) is 16.9 Å². The highest BCUT2D eigenvalue weighted by molar-refractivity contribution is 6.00. The lowest BCUT2D eigenvalue weighted by atomic mass is 9.83. The third-order valence-corrected chi connectivity index (χ3v) is 6.34. The van der Waals surface area contributed by atoms with Gasteiger partial charge < -0.3 is 19.5 Å². The fourth-order valence-electron chi connectivity index (χ4n) is 4.75. The van der Waals surface area contributed by atoms with Crippen LogP contribution >= 0.6 is 0 Å². The van der Waals surface area contributed by atoms with Crippen LogP contribution in [0.1, 0.15) is 50.8 Å². The summed E-state index contributed by atoms with van der Waals surface area (Å²) in [5.74, 6) is 0.869. The van der Waals surface area contributed by atoms with Crippen molar-refractivity contribution in [3.63, 3.8) is 0 Å². The van der Waals surface area contributed by atoms with Crippen molar-refractivity contribution in [3.05, 3.63) is 29.5 Å². The molecule has 0 radical (unpaired) electrons. The SMILES string of the molecule is CCCCCCN1CC(=O)N2CCc3c([nH]c4ccc(OC)cc34)[C@]2(C)C1=O. The minimum atomic E-state index is -0.958. The standard InChI is InChI=1S/C22H29N3O3/c1-4-5-6-7-11-24-14-19(26)25-12-10-16-17-13-15(28-3)8-9-18(17)23-20(16)22(25,2)21(24)27/h8-9,13,23H,4-7,10-12,14H2,1-3H3/t22-/m1/s1. The van der Waals surface area contributed by atoms with Crippen LogP contribution in [0, 0.1) is 0 Å². The first-order valence-electron chi connectivity index (χ1n) is 10.3. The summed E-state index contributed by atoms with van der Waals surface area (Å²) in [6, 6.07) is 5.91. The molecule has 1 aromatic heterocycles. The predicted octanol–water partition coefficient (Wildman–Crippen LogP) is 3.20. The molecule has 2 aliphatic heterocycles. The second-order valence-corrected chi connectivity index (χ2v) is 8.05. The van der Waals surface area contributed by atoms with Gasteiger partial charge in [-0.1, -0.05) is 26.2 Å². The van der Waals surface area contributed by atoms with Gasteiger partial charge in [0.1, 0.15) is 5.75 Å². The van der Waals surface area contributed by atoms with Gasteiger partial charge in [-0.05, 0) is 43.5 Å². The number of amides is 2. The van der Waals surface area contributed by atoms with Gasteiger partial charge in [0, 0.05) is 24.0 Å². The Morgan fingerprint density at radius 2 is 2.04 bits per heavy atom. The van der Waals surface area contributed by atoms with Crippen molar-refractivity contribution in [2.75, 3.05) is 26.7 Å². The van der Waals surface area contributed by atoms with Gasteiger partial charge in [-0.15, -0.1) is 0 Å². The molecular formula is C22H29N3O3. The molecule has 1 fully saturated rings. The number of ether oxygens (including phenoxy) is 1. The minimum absolute atomic E-state index is 0.0306. The number of rotatable bonds is 6. The number of carbonyl (C=O) groups excluding carboxylic acids is 2. The maximum absolute atomic E-state index is 13.5. The summed E-state index contributed by atoms with van der Waals surface area (Å²) in [5.41, 5.74) is 2.01. The number of hydrogen-bond donors (Lipinski definition) is 1. The van der Waals surface area contributed by atoms with Gasteiger partial charge in [0.15, 0.2) is 5.54 Å². The molecule has 150 valence electrons. The maximum Gasteiger partial charge on any atom is 0.254 e. The fourth-order valence-corrected chi connectivity index (χ4v) is 4.75. The average Bonchev–Trinajstić information content (AvgIpc) is 3.08. The Bertz CT molecular complexity index is 919. The molecule has 28 heavy (non-hydrogen) atoms. The average molecular weight is 383 g/mol. The van der Waals surface area contributed by atoms with E-state index in [-0.39, 0.29) is 18.4 Å². The molecule has 2 amide bonds. The first-order chi connectivity index (χ1) is 13.5. The highest BCUT2D eigenvalue weighted by atomic mass is 16.5. The molecular weight excluding hydrogens is 354 g/mol. The molecule has 3 heterocycles. The van der Waals surface area contributed by atoms with Gasteiger partial charge in [0.05, 0.1) is 19.3 Å². The van der Waals surface area contributed by atoms with E-state index in [0.717, 1.165) is 60.0 Å². The zero-order valence-electron chi connectivity index (χ0n) is 17.0. The molecule has 2 aliphatic rings. The summed E-state index contributed by atoms with van der Waals surface area (Å²) in [6.45, 7) is 5.49. The lowest BCUT2D eigenvalue weighted by molar-refractivity contribution is -0.166. The topological polar surface area (TPSA) is 65.6 Å². The smallest absolute Gasteiger partial charge is 0.254 e. The van der Waals surface area contributed by atoms with Crippen molar-refractivity contribution in [1.82, 2.24) is 14.8 Å². The highest BCUT2D eigenvalue weighted by Crippen LogP contribution is 2.42. The summed E-state index contributed by atoms with van der Waals surface area (Å²) in [6.07, 6.45) is 5.09. The number of hydrogen-bond acceptors (Lipinski definition) is 3. The van der Waals surface area contributed by atoms with E-state index < -0.39 is 5.54 Å². The molecule has 0 spiro atoms. The van der Waals surface area contributed by atoms with E-state index in [1.165, 1.54) is 0 Å². The lowest BCUT2D eigenvalue weighted by Gasteiger charge is -2.49. The number of fused-ring (bicyclic) bond motifs is 5. The third kappa shape index (κ3) is 2.77.